The van der Waals surface area contributed by atoms with Crippen molar-refractivity contribution in [2.45, 2.75) is 10.9 Å². The zero-order chi connectivity index (χ0) is 9.68. The van der Waals surface area contributed by atoms with E-state index in [1.165, 1.54) is 0 Å². The summed E-state index contributed by atoms with van der Waals surface area (Å²) < 4.78 is 0. The molecular weight excluding hydrogens is 202 g/mol. The second kappa shape index (κ2) is 5.32. The molecule has 0 heterocycles. The fourth-order valence-corrected chi connectivity index (χ4v) is 2.00. The van der Waals surface area contributed by atoms with Crippen molar-refractivity contribution in [1.29, 1.82) is 0 Å². The number of hydrogen-bond donors (Lipinski definition) is 1. The van der Waals surface area contributed by atoms with Gasteiger partial charge in [-0.25, -0.2) is 0 Å². The zero-order valence-corrected chi connectivity index (χ0v) is 8.81. The number of thioether (sulfide) groups is 1. The summed E-state index contributed by atoms with van der Waals surface area (Å²) in [6.45, 7) is 3.62. The van der Waals surface area contributed by atoms with Gasteiger partial charge in [0, 0.05) is 16.7 Å². The van der Waals surface area contributed by atoms with Gasteiger partial charge in [-0.05, 0) is 12.1 Å². The molecular formula is C10H12ClNS. The molecule has 1 rings (SSSR count). The third-order valence-corrected chi connectivity index (χ3v) is 3.23. The van der Waals surface area contributed by atoms with Crippen molar-refractivity contribution in [3.63, 3.8) is 0 Å². The van der Waals surface area contributed by atoms with Crippen LogP contribution in [0.4, 0.5) is 0 Å². The molecule has 0 saturated heterocycles. The summed E-state index contributed by atoms with van der Waals surface area (Å²) in [5.74, 6) is 0.813. The lowest BCUT2D eigenvalue weighted by molar-refractivity contribution is 0.943. The van der Waals surface area contributed by atoms with Crippen LogP contribution in [0, 0.1) is 0 Å². The van der Waals surface area contributed by atoms with Crippen LogP contribution in [0.3, 0.4) is 0 Å². The van der Waals surface area contributed by atoms with E-state index in [0.717, 1.165) is 15.7 Å². The molecule has 0 aliphatic carbocycles. The van der Waals surface area contributed by atoms with Crippen molar-refractivity contribution >= 4 is 23.4 Å². The number of nitrogens with two attached hydrogens (primary N) is 1. The summed E-state index contributed by atoms with van der Waals surface area (Å²) in [5.41, 5.74) is 5.69. The average Bonchev–Trinajstić information content (AvgIpc) is 2.16. The maximum absolute atomic E-state index is 5.96. The van der Waals surface area contributed by atoms with E-state index in [-0.39, 0.29) is 6.04 Å². The Morgan fingerprint density at radius 3 is 2.85 bits per heavy atom. The first-order valence-corrected chi connectivity index (χ1v) is 5.36. The summed E-state index contributed by atoms with van der Waals surface area (Å²) in [7, 11) is 0. The van der Waals surface area contributed by atoms with Crippen molar-refractivity contribution in [1.82, 2.24) is 0 Å². The van der Waals surface area contributed by atoms with Gasteiger partial charge in [-0.2, -0.15) is 0 Å². The molecule has 0 aromatic heterocycles. The molecule has 70 valence electrons. The molecule has 0 bridgehead atoms. The molecule has 0 aliphatic rings. The third-order valence-electron chi connectivity index (χ3n) is 1.57. The highest BCUT2D eigenvalue weighted by Gasteiger charge is 2.01. The van der Waals surface area contributed by atoms with Crippen LogP contribution in [0.15, 0.2) is 41.8 Å². The smallest absolute Gasteiger partial charge is 0.0541 e. The lowest BCUT2D eigenvalue weighted by atomic mass is 10.4. The second-order valence-corrected chi connectivity index (χ2v) is 4.11. The highest BCUT2D eigenvalue weighted by molar-refractivity contribution is 7.99. The van der Waals surface area contributed by atoms with Crippen LogP contribution in [-0.4, -0.2) is 11.8 Å². The van der Waals surface area contributed by atoms with Crippen LogP contribution in [0.5, 0.6) is 0 Å². The number of hydrogen-bond acceptors (Lipinski definition) is 2. The largest absolute Gasteiger partial charge is 0.324 e. The van der Waals surface area contributed by atoms with E-state index in [1.807, 2.05) is 24.3 Å². The molecule has 1 aromatic carbocycles. The van der Waals surface area contributed by atoms with E-state index in [4.69, 9.17) is 17.3 Å². The van der Waals surface area contributed by atoms with Gasteiger partial charge in [-0.3, -0.25) is 0 Å². The Labute approximate surface area is 88.0 Å². The average molecular weight is 214 g/mol. The number of benzene rings is 1. The normalized spacial score (nSPS) is 12.5. The predicted octanol–water partition coefficient (Wildman–Crippen LogP) is 2.95. The first-order valence-electron chi connectivity index (χ1n) is 3.99. The SMILES string of the molecule is C=CC(N)CSc1ccccc1Cl. The van der Waals surface area contributed by atoms with E-state index < -0.39 is 0 Å². The van der Waals surface area contributed by atoms with Crippen molar-refractivity contribution in [2.24, 2.45) is 5.73 Å². The maximum atomic E-state index is 5.96. The van der Waals surface area contributed by atoms with Crippen molar-refractivity contribution in [3.8, 4) is 0 Å². The summed E-state index contributed by atoms with van der Waals surface area (Å²) in [4.78, 5) is 1.07. The Kier molecular flexibility index (Phi) is 4.36. The topological polar surface area (TPSA) is 26.0 Å². The maximum Gasteiger partial charge on any atom is 0.0541 e. The van der Waals surface area contributed by atoms with E-state index in [2.05, 4.69) is 6.58 Å². The Bertz CT molecular complexity index is 288. The van der Waals surface area contributed by atoms with E-state index in [9.17, 15) is 0 Å². The van der Waals surface area contributed by atoms with Crippen LogP contribution in [-0.2, 0) is 0 Å². The lowest BCUT2D eigenvalue weighted by Crippen LogP contribution is -2.18. The van der Waals surface area contributed by atoms with Gasteiger partial charge in [0.15, 0.2) is 0 Å². The molecule has 1 nitrogen and oxygen atoms in total. The zero-order valence-electron chi connectivity index (χ0n) is 7.24. The van der Waals surface area contributed by atoms with Gasteiger partial charge in [-0.1, -0.05) is 29.8 Å². The number of halogens is 1. The van der Waals surface area contributed by atoms with Gasteiger partial charge in [0.25, 0.3) is 0 Å². The Morgan fingerprint density at radius 1 is 1.54 bits per heavy atom. The van der Waals surface area contributed by atoms with Gasteiger partial charge >= 0.3 is 0 Å². The molecule has 0 aliphatic heterocycles. The highest BCUT2D eigenvalue weighted by Crippen LogP contribution is 2.26. The van der Waals surface area contributed by atoms with Crippen LogP contribution in [0.25, 0.3) is 0 Å². The molecule has 0 saturated carbocycles. The molecule has 0 amide bonds. The molecule has 3 heteroatoms. The minimum Gasteiger partial charge on any atom is -0.324 e. The third kappa shape index (κ3) is 3.43. The van der Waals surface area contributed by atoms with Gasteiger partial charge in [0.2, 0.25) is 0 Å². The molecule has 1 aromatic rings. The molecule has 0 radical (unpaired) electrons. The van der Waals surface area contributed by atoms with Gasteiger partial charge in [0.05, 0.1) is 5.02 Å². The second-order valence-electron chi connectivity index (χ2n) is 2.64. The predicted molar refractivity (Wildman–Crippen MR) is 60.3 cm³/mol. The monoisotopic (exact) mass is 213 g/mol. The quantitative estimate of drug-likeness (QED) is 0.615. The molecule has 1 unspecified atom stereocenters. The standard InChI is InChI=1S/C10H12ClNS/c1-2-8(12)7-13-10-6-4-3-5-9(10)11/h2-6,8H,1,7,12H2. The Hall–Kier alpha value is -0.440. The van der Waals surface area contributed by atoms with Crippen LogP contribution in [0.1, 0.15) is 0 Å². The molecule has 13 heavy (non-hydrogen) atoms. The summed E-state index contributed by atoms with van der Waals surface area (Å²) in [6, 6.07) is 7.78. The molecule has 0 fully saturated rings. The lowest BCUT2D eigenvalue weighted by Gasteiger charge is -2.06. The fourth-order valence-electron chi connectivity index (χ4n) is 0.816. The molecule has 2 N–H and O–H groups in total. The number of rotatable bonds is 4. The van der Waals surface area contributed by atoms with E-state index in [0.29, 0.717) is 0 Å². The summed E-state index contributed by atoms with van der Waals surface area (Å²) in [6.07, 6.45) is 1.74. The van der Waals surface area contributed by atoms with Crippen molar-refractivity contribution in [3.05, 3.63) is 41.9 Å². The first kappa shape index (κ1) is 10.6. The van der Waals surface area contributed by atoms with E-state index >= 15 is 0 Å². The van der Waals surface area contributed by atoms with Gasteiger partial charge < -0.3 is 5.73 Å². The minimum absolute atomic E-state index is 0.0290. The molecule has 0 spiro atoms. The highest BCUT2D eigenvalue weighted by atomic mass is 35.5. The first-order chi connectivity index (χ1) is 6.24. The minimum atomic E-state index is 0.0290. The van der Waals surface area contributed by atoms with E-state index in [1.54, 1.807) is 17.8 Å². The summed E-state index contributed by atoms with van der Waals surface area (Å²) in [5, 5.41) is 0.781. The van der Waals surface area contributed by atoms with Crippen LogP contribution < -0.4 is 5.73 Å². The van der Waals surface area contributed by atoms with Crippen molar-refractivity contribution in [2.75, 3.05) is 5.75 Å². The van der Waals surface area contributed by atoms with Crippen LogP contribution >= 0.6 is 23.4 Å². The Balaban J connectivity index is 2.54. The Morgan fingerprint density at radius 2 is 2.23 bits per heavy atom. The van der Waals surface area contributed by atoms with Gasteiger partial charge in [-0.15, -0.1) is 18.3 Å². The summed E-state index contributed by atoms with van der Waals surface area (Å²) >= 11 is 7.61. The fraction of sp³-hybridized carbons (Fsp3) is 0.200. The van der Waals surface area contributed by atoms with Crippen molar-refractivity contribution < 1.29 is 0 Å². The van der Waals surface area contributed by atoms with Crippen LogP contribution in [0.2, 0.25) is 5.02 Å². The van der Waals surface area contributed by atoms with Gasteiger partial charge in [0.1, 0.15) is 0 Å². The molecule has 1 atom stereocenters.